The Labute approximate surface area is 163 Å². The first kappa shape index (κ1) is 18.5. The lowest BCUT2D eigenvalue weighted by Gasteiger charge is -2.19. The normalized spacial score (nSPS) is 14.0. The number of fused-ring (bicyclic) bond motifs is 1. The number of allylic oxidation sites excluding steroid dienone is 1. The monoisotopic (exact) mass is 387 g/mol. The molecule has 134 valence electrons. The number of carbonyl (C=O) groups is 1. The standard InChI is InChI=1S/C20H19Cl2N3O/c1-13(26)24-15-5-8-20-16(12-15)19(23-9-10-25(20)2)7-4-14-3-6-17(21)18(22)11-14/h3-8,11-12H,9-10H2,1-2H3,(H,24,26). The van der Waals surface area contributed by atoms with Crippen LogP contribution in [0.1, 0.15) is 18.1 Å². The van der Waals surface area contributed by atoms with Crippen LogP contribution in [0, 0.1) is 0 Å². The van der Waals surface area contributed by atoms with Gasteiger partial charge in [0.2, 0.25) is 5.91 Å². The van der Waals surface area contributed by atoms with Crippen LogP contribution in [0.25, 0.3) is 6.08 Å². The largest absolute Gasteiger partial charge is 0.372 e. The fourth-order valence-electron chi connectivity index (χ4n) is 2.81. The van der Waals surface area contributed by atoms with Gasteiger partial charge in [0.1, 0.15) is 0 Å². The Bertz CT molecular complexity index is 906. The Balaban J connectivity index is 1.97. The number of amides is 1. The van der Waals surface area contributed by atoms with Crippen LogP contribution in [-0.2, 0) is 4.79 Å². The Morgan fingerprint density at radius 2 is 1.96 bits per heavy atom. The van der Waals surface area contributed by atoms with Crippen molar-refractivity contribution < 1.29 is 4.79 Å². The summed E-state index contributed by atoms with van der Waals surface area (Å²) in [7, 11) is 2.04. The molecule has 0 radical (unpaired) electrons. The van der Waals surface area contributed by atoms with Crippen molar-refractivity contribution in [3.05, 3.63) is 63.6 Å². The van der Waals surface area contributed by atoms with Gasteiger partial charge in [0.25, 0.3) is 0 Å². The zero-order valence-electron chi connectivity index (χ0n) is 14.6. The molecule has 1 amide bonds. The predicted octanol–water partition coefficient (Wildman–Crippen LogP) is 4.90. The maximum atomic E-state index is 11.4. The molecule has 0 aromatic heterocycles. The summed E-state index contributed by atoms with van der Waals surface area (Å²) in [6.45, 7) is 3.02. The summed E-state index contributed by atoms with van der Waals surface area (Å²) < 4.78 is 0. The van der Waals surface area contributed by atoms with E-state index in [1.807, 2.05) is 49.5 Å². The number of nitrogens with one attached hydrogen (secondary N) is 1. The SMILES string of the molecule is CC(=O)Nc1ccc2c(c1)C(C=Cc1ccc(Cl)c(Cl)c1)=NCCN2C. The molecule has 0 atom stereocenters. The van der Waals surface area contributed by atoms with Crippen molar-refractivity contribution in [1.29, 1.82) is 0 Å². The van der Waals surface area contributed by atoms with Gasteiger partial charge in [0.05, 0.1) is 22.3 Å². The molecule has 0 fully saturated rings. The fraction of sp³-hybridized carbons (Fsp3) is 0.200. The third kappa shape index (κ3) is 4.26. The molecule has 3 rings (SSSR count). The smallest absolute Gasteiger partial charge is 0.221 e. The van der Waals surface area contributed by atoms with Crippen molar-refractivity contribution in [1.82, 2.24) is 0 Å². The molecule has 1 N–H and O–H groups in total. The van der Waals surface area contributed by atoms with E-state index in [0.29, 0.717) is 16.6 Å². The molecular weight excluding hydrogens is 369 g/mol. The van der Waals surface area contributed by atoms with Crippen molar-refractivity contribution >= 4 is 52.3 Å². The Kier molecular flexibility index (Phi) is 5.64. The fourth-order valence-corrected chi connectivity index (χ4v) is 3.12. The van der Waals surface area contributed by atoms with E-state index in [0.717, 1.165) is 34.8 Å². The van der Waals surface area contributed by atoms with Gasteiger partial charge >= 0.3 is 0 Å². The van der Waals surface area contributed by atoms with Crippen molar-refractivity contribution in [2.24, 2.45) is 4.99 Å². The van der Waals surface area contributed by atoms with Crippen LogP contribution < -0.4 is 10.2 Å². The molecule has 0 bridgehead atoms. The summed E-state index contributed by atoms with van der Waals surface area (Å²) >= 11 is 12.1. The number of aliphatic imine (C=N–C) groups is 1. The molecular formula is C20H19Cl2N3O. The van der Waals surface area contributed by atoms with Gasteiger partial charge in [-0.2, -0.15) is 0 Å². The molecule has 1 aliphatic rings. The summed E-state index contributed by atoms with van der Waals surface area (Å²) in [4.78, 5) is 18.2. The molecule has 0 spiro atoms. The minimum absolute atomic E-state index is 0.100. The second-order valence-electron chi connectivity index (χ2n) is 6.11. The average Bonchev–Trinajstić information content (AvgIpc) is 2.74. The molecule has 2 aromatic rings. The van der Waals surface area contributed by atoms with Crippen molar-refractivity contribution in [2.45, 2.75) is 6.92 Å². The number of benzodiazepines with no additional fused rings is 1. The zero-order chi connectivity index (χ0) is 18.7. The average molecular weight is 388 g/mol. The van der Waals surface area contributed by atoms with E-state index in [1.165, 1.54) is 6.92 Å². The molecule has 6 heteroatoms. The molecule has 26 heavy (non-hydrogen) atoms. The van der Waals surface area contributed by atoms with Crippen molar-refractivity contribution in [2.75, 3.05) is 30.4 Å². The summed E-state index contributed by atoms with van der Waals surface area (Å²) in [6.07, 6.45) is 3.93. The molecule has 0 saturated heterocycles. The summed E-state index contributed by atoms with van der Waals surface area (Å²) in [5.41, 5.74) is 4.62. The first-order chi connectivity index (χ1) is 12.4. The van der Waals surface area contributed by atoms with E-state index in [2.05, 4.69) is 10.2 Å². The number of nitrogens with zero attached hydrogens (tertiary/aromatic N) is 2. The Hall–Kier alpha value is -2.30. The molecule has 4 nitrogen and oxygen atoms in total. The van der Waals surface area contributed by atoms with Crippen molar-refractivity contribution in [3.8, 4) is 0 Å². The Morgan fingerprint density at radius 1 is 1.15 bits per heavy atom. The van der Waals surface area contributed by atoms with Gasteiger partial charge in [-0.25, -0.2) is 0 Å². The van der Waals surface area contributed by atoms with E-state index in [4.69, 9.17) is 28.2 Å². The molecule has 0 unspecified atom stereocenters. The van der Waals surface area contributed by atoms with Gasteiger partial charge in [0, 0.05) is 37.5 Å². The minimum atomic E-state index is -0.100. The quantitative estimate of drug-likeness (QED) is 0.813. The van der Waals surface area contributed by atoms with Crippen LogP contribution in [0.15, 0.2) is 47.5 Å². The number of rotatable bonds is 3. The molecule has 2 aromatic carbocycles. The highest BCUT2D eigenvalue weighted by atomic mass is 35.5. The van der Waals surface area contributed by atoms with Crippen LogP contribution in [0.2, 0.25) is 10.0 Å². The van der Waals surface area contributed by atoms with Gasteiger partial charge in [0.15, 0.2) is 0 Å². The Morgan fingerprint density at radius 3 is 2.69 bits per heavy atom. The second-order valence-corrected chi connectivity index (χ2v) is 6.92. The maximum Gasteiger partial charge on any atom is 0.221 e. The lowest BCUT2D eigenvalue weighted by molar-refractivity contribution is -0.114. The van der Waals surface area contributed by atoms with E-state index >= 15 is 0 Å². The van der Waals surface area contributed by atoms with Crippen LogP contribution in [0.3, 0.4) is 0 Å². The highest BCUT2D eigenvalue weighted by molar-refractivity contribution is 6.42. The third-order valence-corrected chi connectivity index (χ3v) is 4.84. The topological polar surface area (TPSA) is 44.7 Å². The first-order valence-electron chi connectivity index (χ1n) is 8.25. The molecule has 1 aliphatic heterocycles. The minimum Gasteiger partial charge on any atom is -0.372 e. The number of hydrogen-bond donors (Lipinski definition) is 1. The van der Waals surface area contributed by atoms with Gasteiger partial charge in [-0.3, -0.25) is 9.79 Å². The maximum absolute atomic E-state index is 11.4. The summed E-state index contributed by atoms with van der Waals surface area (Å²) in [5, 5.41) is 3.88. The predicted molar refractivity (Wildman–Crippen MR) is 111 cm³/mol. The number of hydrogen-bond acceptors (Lipinski definition) is 3. The number of carbonyl (C=O) groups excluding carboxylic acids is 1. The van der Waals surface area contributed by atoms with Crippen LogP contribution in [-0.4, -0.2) is 31.8 Å². The lowest BCUT2D eigenvalue weighted by Crippen LogP contribution is -2.20. The first-order valence-corrected chi connectivity index (χ1v) is 9.00. The number of halogens is 2. The van der Waals surface area contributed by atoms with Crippen molar-refractivity contribution in [3.63, 3.8) is 0 Å². The van der Waals surface area contributed by atoms with Crippen LogP contribution in [0.5, 0.6) is 0 Å². The van der Waals surface area contributed by atoms with Gasteiger partial charge in [-0.1, -0.05) is 35.3 Å². The molecule has 0 aliphatic carbocycles. The van der Waals surface area contributed by atoms with Crippen LogP contribution in [0.4, 0.5) is 11.4 Å². The number of likely N-dealkylation sites (N-methyl/N-ethyl adjacent to an activating group) is 1. The summed E-state index contributed by atoms with van der Waals surface area (Å²) in [6, 6.07) is 11.4. The molecule has 1 heterocycles. The van der Waals surface area contributed by atoms with Gasteiger partial charge < -0.3 is 10.2 Å². The lowest BCUT2D eigenvalue weighted by atomic mass is 10.0. The van der Waals surface area contributed by atoms with Gasteiger partial charge in [-0.05, 0) is 42.0 Å². The van der Waals surface area contributed by atoms with E-state index < -0.39 is 0 Å². The zero-order valence-corrected chi connectivity index (χ0v) is 16.1. The number of anilines is 2. The van der Waals surface area contributed by atoms with E-state index in [1.54, 1.807) is 6.07 Å². The highest BCUT2D eigenvalue weighted by Crippen LogP contribution is 2.27. The number of benzene rings is 2. The van der Waals surface area contributed by atoms with Crippen LogP contribution >= 0.6 is 23.2 Å². The highest BCUT2D eigenvalue weighted by Gasteiger charge is 2.15. The third-order valence-electron chi connectivity index (χ3n) is 4.10. The van der Waals surface area contributed by atoms with Gasteiger partial charge in [-0.15, -0.1) is 0 Å². The van der Waals surface area contributed by atoms with E-state index in [-0.39, 0.29) is 5.91 Å². The molecule has 0 saturated carbocycles. The second kappa shape index (κ2) is 7.94. The summed E-state index contributed by atoms with van der Waals surface area (Å²) in [5.74, 6) is -0.100. The van der Waals surface area contributed by atoms with E-state index in [9.17, 15) is 4.79 Å².